The highest BCUT2D eigenvalue weighted by molar-refractivity contribution is 6.01. The van der Waals surface area contributed by atoms with Gasteiger partial charge in [0.1, 0.15) is 0 Å². The van der Waals surface area contributed by atoms with E-state index in [1.165, 1.54) is 12.4 Å². The summed E-state index contributed by atoms with van der Waals surface area (Å²) < 4.78 is 0. The molecule has 0 saturated carbocycles. The van der Waals surface area contributed by atoms with Crippen LogP contribution in [0.15, 0.2) is 42.7 Å². The maximum Gasteiger partial charge on any atom is 0.200 e. The number of aromatic nitrogens is 2. The van der Waals surface area contributed by atoms with E-state index in [2.05, 4.69) is 9.97 Å². The van der Waals surface area contributed by atoms with Gasteiger partial charge >= 0.3 is 0 Å². The van der Waals surface area contributed by atoms with Crippen LogP contribution in [0.4, 0.5) is 0 Å². The lowest BCUT2D eigenvalue weighted by Crippen LogP contribution is -2.15. The predicted molar refractivity (Wildman–Crippen MR) is 83.8 cm³/mol. The first-order valence-corrected chi connectivity index (χ1v) is 7.14. The summed E-state index contributed by atoms with van der Waals surface area (Å²) in [7, 11) is 3.91. The van der Waals surface area contributed by atoms with Gasteiger partial charge in [-0.15, -0.1) is 0 Å². The van der Waals surface area contributed by atoms with Gasteiger partial charge in [0.15, 0.2) is 17.4 Å². The molecule has 0 aliphatic heterocycles. The number of carbonyl (C=O) groups is 2. The molecular formula is C17H19N3O2. The highest BCUT2D eigenvalue weighted by Crippen LogP contribution is 2.14. The Morgan fingerprint density at radius 1 is 0.955 bits per heavy atom. The fourth-order valence-corrected chi connectivity index (χ4v) is 2.19. The number of hydrogen-bond acceptors (Lipinski definition) is 5. The van der Waals surface area contributed by atoms with Crippen LogP contribution in [-0.4, -0.2) is 40.5 Å². The molecule has 114 valence electrons. The summed E-state index contributed by atoms with van der Waals surface area (Å²) in [5.74, 6) is -0.0716. The van der Waals surface area contributed by atoms with Gasteiger partial charge in [0.05, 0.1) is 0 Å². The molecule has 0 unspecified atom stereocenters. The molecule has 5 heteroatoms. The number of nitrogens with zero attached hydrogens (tertiary/aromatic N) is 3. The van der Waals surface area contributed by atoms with E-state index in [-0.39, 0.29) is 30.2 Å². The molecule has 0 spiro atoms. The van der Waals surface area contributed by atoms with E-state index < -0.39 is 0 Å². The standard InChI is InChI=1S/C17H19N3O2/c1-20(2)12-13-6-3-4-7-14(13)15(21)8-9-16(22)17-18-10-5-11-19-17/h3-7,10-11H,8-9,12H2,1-2H3. The average Bonchev–Trinajstić information content (AvgIpc) is 2.53. The summed E-state index contributed by atoms with van der Waals surface area (Å²) in [4.78, 5) is 34.2. The van der Waals surface area contributed by atoms with E-state index in [1.54, 1.807) is 6.07 Å². The van der Waals surface area contributed by atoms with Crippen molar-refractivity contribution in [2.75, 3.05) is 14.1 Å². The molecule has 0 radical (unpaired) electrons. The zero-order valence-corrected chi connectivity index (χ0v) is 12.8. The molecule has 2 rings (SSSR count). The largest absolute Gasteiger partial charge is 0.305 e. The topological polar surface area (TPSA) is 63.2 Å². The minimum Gasteiger partial charge on any atom is -0.305 e. The third-order valence-corrected chi connectivity index (χ3v) is 3.20. The molecule has 5 nitrogen and oxygen atoms in total. The van der Waals surface area contributed by atoms with Crippen molar-refractivity contribution in [3.63, 3.8) is 0 Å². The number of benzene rings is 1. The van der Waals surface area contributed by atoms with Crippen molar-refractivity contribution < 1.29 is 9.59 Å². The summed E-state index contributed by atoms with van der Waals surface area (Å²) in [6.45, 7) is 0.692. The summed E-state index contributed by atoms with van der Waals surface area (Å²) in [5, 5.41) is 0. The third kappa shape index (κ3) is 4.30. The molecule has 0 saturated heterocycles. The maximum absolute atomic E-state index is 12.4. The lowest BCUT2D eigenvalue weighted by Gasteiger charge is -2.13. The van der Waals surface area contributed by atoms with E-state index in [4.69, 9.17) is 0 Å². The second-order valence-corrected chi connectivity index (χ2v) is 5.31. The minimum absolute atomic E-state index is 0.0262. The van der Waals surface area contributed by atoms with Crippen LogP contribution in [0.3, 0.4) is 0 Å². The molecule has 0 N–H and O–H groups in total. The Labute approximate surface area is 130 Å². The molecule has 0 aliphatic rings. The predicted octanol–water partition coefficient (Wildman–Crippen LogP) is 2.38. The van der Waals surface area contributed by atoms with Crippen molar-refractivity contribution in [1.29, 1.82) is 0 Å². The lowest BCUT2D eigenvalue weighted by atomic mass is 9.99. The lowest BCUT2D eigenvalue weighted by molar-refractivity contribution is 0.0911. The molecule has 1 aromatic carbocycles. The minimum atomic E-state index is -0.209. The van der Waals surface area contributed by atoms with Crippen LogP contribution >= 0.6 is 0 Å². The molecule has 1 heterocycles. The Kier molecular flexibility index (Phi) is 5.49. The highest BCUT2D eigenvalue weighted by atomic mass is 16.1. The number of hydrogen-bond donors (Lipinski definition) is 0. The Bertz CT molecular complexity index is 654. The van der Waals surface area contributed by atoms with E-state index >= 15 is 0 Å². The van der Waals surface area contributed by atoms with Crippen LogP contribution in [0.25, 0.3) is 0 Å². The molecule has 2 aromatic rings. The van der Waals surface area contributed by atoms with Gasteiger partial charge in [-0.05, 0) is 25.7 Å². The second kappa shape index (κ2) is 7.56. The molecule has 22 heavy (non-hydrogen) atoms. The SMILES string of the molecule is CN(C)Cc1ccccc1C(=O)CCC(=O)c1ncccn1. The van der Waals surface area contributed by atoms with E-state index in [9.17, 15) is 9.59 Å². The van der Waals surface area contributed by atoms with Gasteiger partial charge in [0, 0.05) is 37.3 Å². The van der Waals surface area contributed by atoms with E-state index in [1.807, 2.05) is 43.3 Å². The normalized spacial score (nSPS) is 10.7. The van der Waals surface area contributed by atoms with Gasteiger partial charge in [-0.2, -0.15) is 0 Å². The number of ketones is 2. The zero-order valence-electron chi connectivity index (χ0n) is 12.8. The van der Waals surface area contributed by atoms with Crippen molar-refractivity contribution in [2.24, 2.45) is 0 Å². The van der Waals surface area contributed by atoms with E-state index in [0.29, 0.717) is 12.1 Å². The first-order valence-electron chi connectivity index (χ1n) is 7.14. The van der Waals surface area contributed by atoms with Crippen molar-refractivity contribution in [1.82, 2.24) is 14.9 Å². The highest BCUT2D eigenvalue weighted by Gasteiger charge is 2.15. The van der Waals surface area contributed by atoms with Gasteiger partial charge in [0.2, 0.25) is 0 Å². The summed E-state index contributed by atoms with van der Waals surface area (Å²) in [6.07, 6.45) is 3.34. The van der Waals surface area contributed by atoms with Crippen LogP contribution in [0.2, 0.25) is 0 Å². The summed E-state index contributed by atoms with van der Waals surface area (Å²) in [5.41, 5.74) is 1.65. The van der Waals surface area contributed by atoms with E-state index in [0.717, 1.165) is 5.56 Å². The van der Waals surface area contributed by atoms with Crippen molar-refractivity contribution in [3.05, 3.63) is 59.7 Å². The monoisotopic (exact) mass is 297 g/mol. The Balaban J connectivity index is 2.02. The van der Waals surface area contributed by atoms with Gasteiger partial charge in [-0.3, -0.25) is 9.59 Å². The molecular weight excluding hydrogens is 278 g/mol. The van der Waals surface area contributed by atoms with Gasteiger partial charge in [0.25, 0.3) is 0 Å². The van der Waals surface area contributed by atoms with Gasteiger partial charge < -0.3 is 4.90 Å². The molecule has 0 fully saturated rings. The fraction of sp³-hybridized carbons (Fsp3) is 0.294. The van der Waals surface area contributed by atoms with Crippen LogP contribution in [0.5, 0.6) is 0 Å². The van der Waals surface area contributed by atoms with Gasteiger partial charge in [-0.25, -0.2) is 9.97 Å². The molecule has 0 amide bonds. The first-order chi connectivity index (χ1) is 10.6. The Morgan fingerprint density at radius 2 is 1.59 bits per heavy atom. The van der Waals surface area contributed by atoms with Crippen molar-refractivity contribution in [2.45, 2.75) is 19.4 Å². The average molecular weight is 297 g/mol. The molecule has 0 aliphatic carbocycles. The van der Waals surface area contributed by atoms with Crippen molar-refractivity contribution >= 4 is 11.6 Å². The summed E-state index contributed by atoms with van der Waals surface area (Å²) in [6, 6.07) is 9.16. The maximum atomic E-state index is 12.4. The second-order valence-electron chi connectivity index (χ2n) is 5.31. The zero-order chi connectivity index (χ0) is 15.9. The van der Waals surface area contributed by atoms with Crippen LogP contribution in [0, 0.1) is 0 Å². The molecule has 0 bridgehead atoms. The van der Waals surface area contributed by atoms with Crippen molar-refractivity contribution in [3.8, 4) is 0 Å². The van der Waals surface area contributed by atoms with Crippen LogP contribution < -0.4 is 0 Å². The van der Waals surface area contributed by atoms with Gasteiger partial charge in [-0.1, -0.05) is 24.3 Å². The third-order valence-electron chi connectivity index (χ3n) is 3.20. The van der Waals surface area contributed by atoms with Crippen LogP contribution in [-0.2, 0) is 6.54 Å². The van der Waals surface area contributed by atoms with Crippen LogP contribution in [0.1, 0.15) is 39.4 Å². The number of rotatable bonds is 7. The Hall–Kier alpha value is -2.40. The smallest absolute Gasteiger partial charge is 0.200 e. The molecule has 0 atom stereocenters. The quantitative estimate of drug-likeness (QED) is 0.734. The number of carbonyl (C=O) groups excluding carboxylic acids is 2. The fourth-order valence-electron chi connectivity index (χ4n) is 2.19. The summed E-state index contributed by atoms with van der Waals surface area (Å²) >= 11 is 0. The Morgan fingerprint density at radius 3 is 2.27 bits per heavy atom. The molecule has 1 aromatic heterocycles. The first kappa shape index (κ1) is 16.0. The number of Topliss-reactive ketones (excluding diaryl/α,β-unsaturated/α-hetero) is 2.